The van der Waals surface area contributed by atoms with Gasteiger partial charge in [0.1, 0.15) is 0 Å². The Morgan fingerprint density at radius 1 is 1.11 bits per heavy atom. The molecule has 1 aromatic heterocycles. The van der Waals surface area contributed by atoms with E-state index < -0.39 is 0 Å². The predicted octanol–water partition coefficient (Wildman–Crippen LogP) is 4.67. The molecule has 1 heterocycles. The maximum atomic E-state index is 4.32. The highest BCUT2D eigenvalue weighted by Crippen LogP contribution is 2.29. The van der Waals surface area contributed by atoms with Crippen molar-refractivity contribution in [2.45, 2.75) is 78.2 Å². The van der Waals surface area contributed by atoms with Crippen molar-refractivity contribution in [3.8, 4) is 0 Å². The average molecular weight is 283 g/mol. The summed E-state index contributed by atoms with van der Waals surface area (Å²) in [6, 6.07) is 0.453. The summed E-state index contributed by atoms with van der Waals surface area (Å²) >= 11 is 1.58. The van der Waals surface area contributed by atoms with Crippen LogP contribution in [-0.2, 0) is 0 Å². The van der Waals surface area contributed by atoms with Crippen molar-refractivity contribution in [1.82, 2.24) is 14.9 Å². The molecule has 0 spiro atoms. The van der Waals surface area contributed by atoms with Crippen LogP contribution in [0.2, 0.25) is 0 Å². The van der Waals surface area contributed by atoms with Crippen LogP contribution in [0.1, 0.15) is 88.8 Å². The van der Waals surface area contributed by atoms with Gasteiger partial charge in [-0.1, -0.05) is 57.9 Å². The topological polar surface area (TPSA) is 37.8 Å². The highest BCUT2D eigenvalue weighted by atomic mass is 32.1. The van der Waals surface area contributed by atoms with E-state index in [0.717, 1.165) is 6.54 Å². The molecule has 4 heteroatoms. The van der Waals surface area contributed by atoms with Gasteiger partial charge in [0.15, 0.2) is 0 Å². The molecule has 110 valence electrons. The largest absolute Gasteiger partial charge is 0.309 e. The van der Waals surface area contributed by atoms with Gasteiger partial charge in [-0.3, -0.25) is 0 Å². The van der Waals surface area contributed by atoms with Crippen LogP contribution in [0.4, 0.5) is 0 Å². The summed E-state index contributed by atoms with van der Waals surface area (Å²) in [7, 11) is 0. The van der Waals surface area contributed by atoms with Crippen LogP contribution >= 0.6 is 11.5 Å². The lowest BCUT2D eigenvalue weighted by Gasteiger charge is -2.18. The lowest BCUT2D eigenvalue weighted by molar-refractivity contribution is 0.471. The number of nitrogens with one attached hydrogen (secondary N) is 1. The summed E-state index contributed by atoms with van der Waals surface area (Å²) in [5, 5.41) is 7.99. The summed E-state index contributed by atoms with van der Waals surface area (Å²) < 4.78 is 4.17. The fraction of sp³-hybridized carbons (Fsp3) is 0.867. The second-order valence-electron chi connectivity index (χ2n) is 5.53. The number of rotatable bonds is 10. The van der Waals surface area contributed by atoms with Gasteiger partial charge in [0.05, 0.1) is 10.6 Å². The Hall–Kier alpha value is -0.480. The number of nitrogens with zero attached hydrogens (tertiary/aromatic N) is 2. The van der Waals surface area contributed by atoms with Gasteiger partial charge in [0, 0.05) is 6.04 Å². The first-order valence-corrected chi connectivity index (χ1v) is 8.53. The van der Waals surface area contributed by atoms with Crippen molar-refractivity contribution < 1.29 is 0 Å². The van der Waals surface area contributed by atoms with Gasteiger partial charge in [-0.2, -0.15) is 0 Å². The number of unbranched alkanes of at least 4 members (excludes halogenated alkanes) is 3. The zero-order valence-electron chi connectivity index (χ0n) is 12.9. The fourth-order valence-electron chi connectivity index (χ4n) is 2.27. The molecule has 1 rings (SSSR count). The maximum Gasteiger partial charge on any atom is 0.0829 e. The third-order valence-corrected chi connectivity index (χ3v) is 4.24. The molecular weight excluding hydrogens is 254 g/mol. The van der Waals surface area contributed by atoms with Crippen molar-refractivity contribution in [2.24, 2.45) is 0 Å². The van der Waals surface area contributed by atoms with E-state index in [0.29, 0.717) is 12.0 Å². The molecule has 0 fully saturated rings. The molecule has 0 bridgehead atoms. The molecule has 0 aromatic carbocycles. The van der Waals surface area contributed by atoms with Crippen molar-refractivity contribution in [1.29, 1.82) is 0 Å². The van der Waals surface area contributed by atoms with E-state index in [9.17, 15) is 0 Å². The summed E-state index contributed by atoms with van der Waals surface area (Å²) in [5.41, 5.74) is 1.19. The van der Waals surface area contributed by atoms with E-state index in [1.807, 2.05) is 0 Å². The third kappa shape index (κ3) is 5.57. The first-order chi connectivity index (χ1) is 9.20. The Morgan fingerprint density at radius 3 is 2.53 bits per heavy atom. The minimum Gasteiger partial charge on any atom is -0.309 e. The molecule has 0 saturated carbocycles. The average Bonchev–Trinajstić information content (AvgIpc) is 2.87. The summed E-state index contributed by atoms with van der Waals surface area (Å²) in [4.78, 5) is 1.36. The summed E-state index contributed by atoms with van der Waals surface area (Å²) in [5.74, 6) is 0.468. The second-order valence-corrected chi connectivity index (χ2v) is 6.32. The van der Waals surface area contributed by atoms with Crippen LogP contribution in [-0.4, -0.2) is 16.1 Å². The molecule has 3 nitrogen and oxygen atoms in total. The van der Waals surface area contributed by atoms with Gasteiger partial charge in [-0.15, -0.1) is 5.10 Å². The number of hydrogen-bond donors (Lipinski definition) is 1. The van der Waals surface area contributed by atoms with Crippen molar-refractivity contribution in [2.75, 3.05) is 6.54 Å². The third-order valence-electron chi connectivity index (χ3n) is 3.39. The van der Waals surface area contributed by atoms with Gasteiger partial charge in [0.25, 0.3) is 0 Å². The van der Waals surface area contributed by atoms with Crippen molar-refractivity contribution in [3.63, 3.8) is 0 Å². The highest BCUT2D eigenvalue weighted by Gasteiger charge is 2.20. The van der Waals surface area contributed by atoms with Crippen LogP contribution in [0.15, 0.2) is 0 Å². The SMILES string of the molecule is CCCCCCC(NCCC)c1snnc1C(C)C. The Balaban J connectivity index is 2.63. The van der Waals surface area contributed by atoms with E-state index >= 15 is 0 Å². The van der Waals surface area contributed by atoms with Crippen LogP contribution in [0.3, 0.4) is 0 Å². The Labute approximate surface area is 122 Å². The molecule has 0 saturated heterocycles. The van der Waals surface area contributed by atoms with E-state index in [4.69, 9.17) is 0 Å². The normalized spacial score (nSPS) is 13.1. The van der Waals surface area contributed by atoms with Crippen LogP contribution in [0, 0.1) is 0 Å². The van der Waals surface area contributed by atoms with E-state index in [1.165, 1.54) is 49.1 Å². The summed E-state index contributed by atoms with van der Waals surface area (Å²) in [6.07, 6.45) is 7.66. The molecule has 19 heavy (non-hydrogen) atoms. The molecule has 1 atom stereocenters. The standard InChI is InChI=1S/C15H29N3S/c1-5-7-8-9-10-13(16-11-6-2)15-14(12(3)4)17-18-19-15/h12-13,16H,5-11H2,1-4H3. The summed E-state index contributed by atoms with van der Waals surface area (Å²) in [6.45, 7) is 9.96. The molecule has 0 amide bonds. The molecule has 0 aliphatic carbocycles. The monoisotopic (exact) mass is 283 g/mol. The Bertz CT molecular complexity index is 336. The molecule has 0 aliphatic rings. The highest BCUT2D eigenvalue weighted by molar-refractivity contribution is 7.05. The van der Waals surface area contributed by atoms with E-state index in [2.05, 4.69) is 42.6 Å². The van der Waals surface area contributed by atoms with Crippen molar-refractivity contribution in [3.05, 3.63) is 10.6 Å². The quantitative estimate of drug-likeness (QED) is 0.634. The zero-order valence-corrected chi connectivity index (χ0v) is 13.7. The van der Waals surface area contributed by atoms with Gasteiger partial charge < -0.3 is 5.32 Å². The molecule has 1 unspecified atom stereocenters. The van der Waals surface area contributed by atoms with Crippen molar-refractivity contribution >= 4 is 11.5 Å². The van der Waals surface area contributed by atoms with Gasteiger partial charge >= 0.3 is 0 Å². The molecular formula is C15H29N3S. The van der Waals surface area contributed by atoms with E-state index in [-0.39, 0.29) is 0 Å². The number of hydrogen-bond acceptors (Lipinski definition) is 4. The van der Waals surface area contributed by atoms with Crippen LogP contribution in [0.5, 0.6) is 0 Å². The molecule has 0 radical (unpaired) electrons. The van der Waals surface area contributed by atoms with Gasteiger partial charge in [0.2, 0.25) is 0 Å². The molecule has 1 N–H and O–H groups in total. The lowest BCUT2D eigenvalue weighted by atomic mass is 10.0. The maximum absolute atomic E-state index is 4.32. The second kappa shape index (κ2) is 9.43. The molecule has 0 aliphatic heterocycles. The lowest BCUT2D eigenvalue weighted by Crippen LogP contribution is -2.22. The predicted molar refractivity (Wildman–Crippen MR) is 83.8 cm³/mol. The fourth-order valence-corrected chi connectivity index (χ4v) is 3.18. The van der Waals surface area contributed by atoms with E-state index in [1.54, 1.807) is 11.5 Å². The van der Waals surface area contributed by atoms with Crippen LogP contribution in [0.25, 0.3) is 0 Å². The first-order valence-electron chi connectivity index (χ1n) is 7.76. The van der Waals surface area contributed by atoms with Gasteiger partial charge in [-0.05, 0) is 36.8 Å². The zero-order chi connectivity index (χ0) is 14.1. The first kappa shape index (κ1) is 16.6. The van der Waals surface area contributed by atoms with Crippen LogP contribution < -0.4 is 5.32 Å². The van der Waals surface area contributed by atoms with Gasteiger partial charge in [-0.25, -0.2) is 0 Å². The number of aromatic nitrogens is 2. The minimum atomic E-state index is 0.453. The Kier molecular flexibility index (Phi) is 8.22. The Morgan fingerprint density at radius 2 is 1.89 bits per heavy atom. The smallest absolute Gasteiger partial charge is 0.0829 e. The molecule has 1 aromatic rings. The minimum absolute atomic E-state index is 0.453.